The smallest absolute Gasteiger partial charge is 0.303 e. The van der Waals surface area contributed by atoms with E-state index in [2.05, 4.69) is 10.4 Å². The Morgan fingerprint density at radius 2 is 2.00 bits per heavy atom. The molecule has 0 saturated heterocycles. The van der Waals surface area contributed by atoms with E-state index in [1.807, 2.05) is 0 Å². The lowest BCUT2D eigenvalue weighted by Crippen LogP contribution is -2.38. The van der Waals surface area contributed by atoms with Crippen LogP contribution in [0.1, 0.15) is 11.3 Å². The Morgan fingerprint density at radius 3 is 2.65 bits per heavy atom. The van der Waals surface area contributed by atoms with Crippen LogP contribution in [0.4, 0.5) is 20.3 Å². The Morgan fingerprint density at radius 1 is 1.26 bits per heavy atom. The number of aromatic nitrogens is 2. The van der Waals surface area contributed by atoms with Crippen LogP contribution in [-0.4, -0.2) is 28.1 Å². The van der Waals surface area contributed by atoms with Crippen LogP contribution >= 0.6 is 0 Å². The number of anilines is 2. The maximum atomic E-state index is 13.7. The summed E-state index contributed by atoms with van der Waals surface area (Å²) in [5, 5.41) is 6.42. The number of nitrogens with zero attached hydrogens (tertiary/aromatic N) is 3. The van der Waals surface area contributed by atoms with Crippen LogP contribution in [0.3, 0.4) is 0 Å². The van der Waals surface area contributed by atoms with E-state index in [0.29, 0.717) is 0 Å². The van der Waals surface area contributed by atoms with Gasteiger partial charge in [-0.2, -0.15) is 5.10 Å². The number of halogens is 2. The minimum atomic E-state index is -0.902. The van der Waals surface area contributed by atoms with Gasteiger partial charge in [0.2, 0.25) is 0 Å². The predicted molar refractivity (Wildman–Crippen MR) is 79.0 cm³/mol. The van der Waals surface area contributed by atoms with Crippen LogP contribution in [0.15, 0.2) is 18.2 Å². The molecule has 23 heavy (non-hydrogen) atoms. The molecule has 1 N–H and O–H groups in total. The summed E-state index contributed by atoms with van der Waals surface area (Å²) in [4.78, 5) is 25.4. The highest BCUT2D eigenvalue weighted by Gasteiger charge is 2.31. The second-order valence-electron chi connectivity index (χ2n) is 5.34. The van der Waals surface area contributed by atoms with E-state index in [4.69, 9.17) is 0 Å². The Bertz CT molecular complexity index is 797. The van der Waals surface area contributed by atoms with E-state index in [0.717, 1.165) is 22.7 Å². The molecule has 0 bridgehead atoms. The molecule has 0 unspecified atom stereocenters. The monoisotopic (exact) mass is 320 g/mol. The second kappa shape index (κ2) is 5.45. The molecular weight excluding hydrogens is 306 g/mol. The first-order valence-electron chi connectivity index (χ1n) is 6.98. The number of fused-ring (bicyclic) bond motifs is 1. The first kappa shape index (κ1) is 15.1. The van der Waals surface area contributed by atoms with Crippen LogP contribution in [0.25, 0.3) is 0 Å². The van der Waals surface area contributed by atoms with E-state index in [1.165, 1.54) is 0 Å². The van der Waals surface area contributed by atoms with Gasteiger partial charge in [0.25, 0.3) is 0 Å². The number of rotatable bonds is 1. The largest absolute Gasteiger partial charge is 0.316 e. The number of aryl methyl sites for hydroxylation is 2. The molecule has 2 amide bonds. The third-order valence-electron chi connectivity index (χ3n) is 3.81. The van der Waals surface area contributed by atoms with Gasteiger partial charge in [0.05, 0.1) is 5.69 Å². The Balaban J connectivity index is 1.81. The molecule has 0 spiro atoms. The fourth-order valence-corrected chi connectivity index (χ4v) is 2.55. The number of nitrogens with one attached hydrogen (secondary N) is 1. The lowest BCUT2D eigenvalue weighted by molar-refractivity contribution is -0.134. The van der Waals surface area contributed by atoms with Crippen LogP contribution in [0.5, 0.6) is 0 Å². The summed E-state index contributed by atoms with van der Waals surface area (Å²) < 4.78 is 28.6. The molecule has 1 aliphatic rings. The van der Waals surface area contributed by atoms with Gasteiger partial charge in [-0.15, -0.1) is 0 Å². The fraction of sp³-hybridized carbons (Fsp3) is 0.267. The van der Waals surface area contributed by atoms with Gasteiger partial charge < -0.3 is 10.2 Å². The van der Waals surface area contributed by atoms with Gasteiger partial charge in [0.15, 0.2) is 5.82 Å². The predicted octanol–water partition coefficient (Wildman–Crippen LogP) is 1.53. The SMILES string of the molecule is Cc1cc(NC(=O)C(=O)N2CCc3c(F)cc(F)cc32)nn1C. The molecule has 1 aromatic heterocycles. The van der Waals surface area contributed by atoms with Crippen molar-refractivity contribution in [3.63, 3.8) is 0 Å². The number of hydrogen-bond acceptors (Lipinski definition) is 3. The zero-order valence-corrected chi connectivity index (χ0v) is 12.6. The maximum absolute atomic E-state index is 13.7. The molecule has 2 aromatic rings. The van der Waals surface area contributed by atoms with Crippen LogP contribution in [0.2, 0.25) is 0 Å². The molecule has 0 atom stereocenters. The van der Waals surface area contributed by atoms with Crippen LogP contribution in [0, 0.1) is 18.6 Å². The van der Waals surface area contributed by atoms with Crippen LogP contribution < -0.4 is 10.2 Å². The lowest BCUT2D eigenvalue weighted by atomic mass is 10.1. The van der Waals surface area contributed by atoms with Crippen molar-refractivity contribution in [1.82, 2.24) is 9.78 Å². The molecule has 0 aliphatic carbocycles. The summed E-state index contributed by atoms with van der Waals surface area (Å²) in [6, 6.07) is 3.44. The minimum Gasteiger partial charge on any atom is -0.303 e. The molecule has 8 heteroatoms. The van der Waals surface area contributed by atoms with Crippen molar-refractivity contribution in [3.05, 3.63) is 41.1 Å². The molecule has 1 aromatic carbocycles. The third kappa shape index (κ3) is 2.67. The molecule has 0 radical (unpaired) electrons. The highest BCUT2D eigenvalue weighted by molar-refractivity contribution is 6.44. The van der Waals surface area contributed by atoms with Gasteiger partial charge in [0.1, 0.15) is 11.6 Å². The van der Waals surface area contributed by atoms with Gasteiger partial charge >= 0.3 is 11.8 Å². The maximum Gasteiger partial charge on any atom is 0.316 e. The highest BCUT2D eigenvalue weighted by Crippen LogP contribution is 2.31. The second-order valence-corrected chi connectivity index (χ2v) is 5.34. The zero-order chi connectivity index (χ0) is 16.7. The summed E-state index contributed by atoms with van der Waals surface area (Å²) in [5.74, 6) is -3.04. The van der Waals surface area contributed by atoms with E-state index >= 15 is 0 Å². The summed E-state index contributed by atoms with van der Waals surface area (Å²) in [5.41, 5.74) is 1.14. The molecule has 120 valence electrons. The highest BCUT2D eigenvalue weighted by atomic mass is 19.1. The average molecular weight is 320 g/mol. The molecule has 2 heterocycles. The Labute approximate surface area is 130 Å². The lowest BCUT2D eigenvalue weighted by Gasteiger charge is -2.16. The topological polar surface area (TPSA) is 67.2 Å². The van der Waals surface area contributed by atoms with Crippen molar-refractivity contribution >= 4 is 23.3 Å². The average Bonchev–Trinajstić information content (AvgIpc) is 3.02. The Kier molecular flexibility index (Phi) is 3.59. The molecule has 3 rings (SSSR count). The third-order valence-corrected chi connectivity index (χ3v) is 3.81. The fourth-order valence-electron chi connectivity index (χ4n) is 2.55. The van der Waals surface area contributed by atoms with Crippen molar-refractivity contribution < 1.29 is 18.4 Å². The first-order valence-corrected chi connectivity index (χ1v) is 6.98. The van der Waals surface area contributed by atoms with E-state index in [9.17, 15) is 18.4 Å². The van der Waals surface area contributed by atoms with Gasteiger partial charge in [0, 0.05) is 37.0 Å². The van der Waals surface area contributed by atoms with E-state index in [-0.39, 0.29) is 30.0 Å². The summed E-state index contributed by atoms with van der Waals surface area (Å²) >= 11 is 0. The number of carbonyl (C=O) groups excluding carboxylic acids is 2. The molecule has 6 nitrogen and oxygen atoms in total. The van der Waals surface area contributed by atoms with Crippen molar-refractivity contribution in [2.75, 3.05) is 16.8 Å². The number of hydrogen-bond donors (Lipinski definition) is 1. The van der Waals surface area contributed by atoms with Crippen molar-refractivity contribution in [2.45, 2.75) is 13.3 Å². The summed E-state index contributed by atoms with van der Waals surface area (Å²) in [7, 11) is 1.70. The number of carbonyl (C=O) groups is 2. The van der Waals surface area contributed by atoms with Crippen molar-refractivity contribution in [3.8, 4) is 0 Å². The first-order chi connectivity index (χ1) is 10.9. The number of benzene rings is 1. The van der Waals surface area contributed by atoms with Crippen molar-refractivity contribution in [1.29, 1.82) is 0 Å². The van der Waals surface area contributed by atoms with E-state index in [1.54, 1.807) is 24.7 Å². The quantitative estimate of drug-likeness (QED) is 0.811. The van der Waals surface area contributed by atoms with Gasteiger partial charge in [-0.1, -0.05) is 0 Å². The standard InChI is InChI=1S/C15H14F2N4O2/c1-8-5-13(19-20(8)2)18-14(22)15(23)21-4-3-10-11(17)6-9(16)7-12(10)21/h5-7H,3-4H2,1-2H3,(H,18,19,22). The molecule has 1 aliphatic heterocycles. The molecule has 0 saturated carbocycles. The zero-order valence-electron chi connectivity index (χ0n) is 12.6. The summed E-state index contributed by atoms with van der Waals surface area (Å²) in [6.07, 6.45) is 0.239. The Hall–Kier alpha value is -2.77. The normalized spacial score (nSPS) is 13.1. The van der Waals surface area contributed by atoms with Crippen molar-refractivity contribution in [2.24, 2.45) is 7.05 Å². The molecular formula is C15H14F2N4O2. The number of amides is 2. The minimum absolute atomic E-state index is 0.0971. The summed E-state index contributed by atoms with van der Waals surface area (Å²) in [6.45, 7) is 1.93. The van der Waals surface area contributed by atoms with Crippen LogP contribution in [-0.2, 0) is 23.1 Å². The van der Waals surface area contributed by atoms with Gasteiger partial charge in [-0.25, -0.2) is 8.78 Å². The van der Waals surface area contributed by atoms with Gasteiger partial charge in [-0.3, -0.25) is 14.3 Å². The molecule has 0 fully saturated rings. The van der Waals surface area contributed by atoms with Gasteiger partial charge in [-0.05, 0) is 19.4 Å². The van der Waals surface area contributed by atoms with E-state index < -0.39 is 23.4 Å².